The van der Waals surface area contributed by atoms with E-state index >= 15 is 0 Å². The Kier molecular flexibility index (Phi) is 7.37. The molecular formula is C18H36N2. The predicted molar refractivity (Wildman–Crippen MR) is 88.1 cm³/mol. The molecule has 1 N–H and O–H groups in total. The first kappa shape index (κ1) is 16.3. The van der Waals surface area contributed by atoms with E-state index in [9.17, 15) is 0 Å². The third-order valence-corrected chi connectivity index (χ3v) is 5.42. The molecule has 2 rings (SSSR count). The van der Waals surface area contributed by atoms with Crippen LogP contribution in [0.25, 0.3) is 0 Å². The maximum Gasteiger partial charge on any atom is 0.0166 e. The fourth-order valence-corrected chi connectivity index (χ4v) is 4.00. The van der Waals surface area contributed by atoms with Crippen LogP contribution in [0.2, 0.25) is 0 Å². The van der Waals surface area contributed by atoms with Gasteiger partial charge in [-0.15, -0.1) is 0 Å². The van der Waals surface area contributed by atoms with Crippen LogP contribution in [0, 0.1) is 11.8 Å². The van der Waals surface area contributed by atoms with Crippen molar-refractivity contribution < 1.29 is 0 Å². The molecule has 0 aromatic rings. The van der Waals surface area contributed by atoms with Gasteiger partial charge >= 0.3 is 0 Å². The van der Waals surface area contributed by atoms with Crippen molar-refractivity contribution in [3.63, 3.8) is 0 Å². The first-order chi connectivity index (χ1) is 9.78. The van der Waals surface area contributed by atoms with Gasteiger partial charge in [0, 0.05) is 12.6 Å². The summed E-state index contributed by atoms with van der Waals surface area (Å²) < 4.78 is 0. The van der Waals surface area contributed by atoms with Crippen molar-refractivity contribution in [2.75, 3.05) is 26.2 Å². The lowest BCUT2D eigenvalue weighted by Gasteiger charge is -2.30. The van der Waals surface area contributed by atoms with E-state index in [1.54, 1.807) is 0 Å². The van der Waals surface area contributed by atoms with Crippen molar-refractivity contribution in [3.8, 4) is 0 Å². The fourth-order valence-electron chi connectivity index (χ4n) is 4.00. The highest BCUT2D eigenvalue weighted by Crippen LogP contribution is 2.31. The van der Waals surface area contributed by atoms with Crippen molar-refractivity contribution in [1.82, 2.24) is 10.2 Å². The Balaban J connectivity index is 1.53. The summed E-state index contributed by atoms with van der Waals surface area (Å²) in [4.78, 5) is 2.62. The number of rotatable bonds is 8. The Morgan fingerprint density at radius 2 is 1.70 bits per heavy atom. The molecule has 1 aliphatic heterocycles. The van der Waals surface area contributed by atoms with Crippen molar-refractivity contribution in [3.05, 3.63) is 0 Å². The van der Waals surface area contributed by atoms with Crippen LogP contribution < -0.4 is 5.32 Å². The number of nitrogens with one attached hydrogen (secondary N) is 1. The second-order valence-corrected chi connectivity index (χ2v) is 7.35. The summed E-state index contributed by atoms with van der Waals surface area (Å²) in [5, 5.41) is 3.80. The zero-order valence-corrected chi connectivity index (χ0v) is 13.9. The van der Waals surface area contributed by atoms with Gasteiger partial charge in [-0.05, 0) is 64.1 Å². The highest BCUT2D eigenvalue weighted by Gasteiger charge is 2.21. The van der Waals surface area contributed by atoms with Gasteiger partial charge in [0.2, 0.25) is 0 Å². The van der Waals surface area contributed by atoms with Crippen molar-refractivity contribution >= 4 is 0 Å². The molecule has 1 saturated carbocycles. The van der Waals surface area contributed by atoms with E-state index < -0.39 is 0 Å². The van der Waals surface area contributed by atoms with Crippen LogP contribution in [0.4, 0.5) is 0 Å². The van der Waals surface area contributed by atoms with Gasteiger partial charge in [0.05, 0.1) is 0 Å². The zero-order chi connectivity index (χ0) is 14.2. The smallest absolute Gasteiger partial charge is 0.0166 e. The maximum absolute atomic E-state index is 3.80. The largest absolute Gasteiger partial charge is 0.313 e. The van der Waals surface area contributed by atoms with Crippen LogP contribution in [0.3, 0.4) is 0 Å². The van der Waals surface area contributed by atoms with Crippen LogP contribution in [0.5, 0.6) is 0 Å². The second-order valence-electron chi connectivity index (χ2n) is 7.35. The third kappa shape index (κ3) is 5.73. The van der Waals surface area contributed by atoms with E-state index in [1.165, 1.54) is 84.0 Å². The third-order valence-electron chi connectivity index (χ3n) is 5.42. The van der Waals surface area contributed by atoms with E-state index in [4.69, 9.17) is 0 Å². The average Bonchev–Trinajstić information content (AvgIpc) is 2.97. The van der Waals surface area contributed by atoms with Gasteiger partial charge in [0.15, 0.2) is 0 Å². The molecule has 118 valence electrons. The van der Waals surface area contributed by atoms with Crippen LogP contribution >= 0.6 is 0 Å². The van der Waals surface area contributed by atoms with E-state index in [0.29, 0.717) is 6.04 Å². The molecule has 1 heterocycles. The molecule has 1 atom stereocenters. The number of nitrogens with zero attached hydrogens (tertiary/aromatic N) is 1. The number of likely N-dealkylation sites (tertiary alicyclic amines) is 1. The van der Waals surface area contributed by atoms with Crippen molar-refractivity contribution in [1.29, 1.82) is 0 Å². The van der Waals surface area contributed by atoms with Gasteiger partial charge in [0.1, 0.15) is 0 Å². The number of unbranched alkanes of at least 4 members (excludes halogenated alkanes) is 1. The van der Waals surface area contributed by atoms with Crippen LogP contribution in [-0.2, 0) is 0 Å². The van der Waals surface area contributed by atoms with Crippen molar-refractivity contribution in [2.45, 2.75) is 77.7 Å². The highest BCUT2D eigenvalue weighted by molar-refractivity contribution is 4.77. The number of hydrogen-bond donors (Lipinski definition) is 1. The van der Waals surface area contributed by atoms with Crippen LogP contribution in [0.1, 0.15) is 71.6 Å². The van der Waals surface area contributed by atoms with E-state index in [1.807, 2.05) is 0 Å². The first-order valence-corrected chi connectivity index (χ1v) is 9.23. The molecule has 20 heavy (non-hydrogen) atoms. The second kappa shape index (κ2) is 9.04. The van der Waals surface area contributed by atoms with Gasteiger partial charge in [-0.2, -0.15) is 0 Å². The minimum atomic E-state index is 0.672. The Hall–Kier alpha value is -0.0800. The molecule has 0 radical (unpaired) electrons. The molecule has 0 amide bonds. The molecule has 0 aromatic carbocycles. The van der Waals surface area contributed by atoms with E-state index in [2.05, 4.69) is 24.1 Å². The topological polar surface area (TPSA) is 15.3 Å². The zero-order valence-electron chi connectivity index (χ0n) is 13.9. The summed E-state index contributed by atoms with van der Waals surface area (Å²) in [7, 11) is 0. The first-order valence-electron chi connectivity index (χ1n) is 9.23. The molecule has 2 aliphatic rings. The monoisotopic (exact) mass is 280 g/mol. The molecule has 2 fully saturated rings. The predicted octanol–water partition coefficient (Wildman–Crippen LogP) is 4.06. The molecule has 2 nitrogen and oxygen atoms in total. The van der Waals surface area contributed by atoms with Crippen molar-refractivity contribution in [2.24, 2.45) is 11.8 Å². The normalized spacial score (nSPS) is 29.7. The molecule has 2 heteroatoms. The summed E-state index contributed by atoms with van der Waals surface area (Å²) in [6.45, 7) is 9.85. The Morgan fingerprint density at radius 1 is 1.05 bits per heavy atom. The maximum atomic E-state index is 3.80. The molecule has 0 bridgehead atoms. The number of hydrogen-bond acceptors (Lipinski definition) is 2. The van der Waals surface area contributed by atoms with Gasteiger partial charge in [0.25, 0.3) is 0 Å². The van der Waals surface area contributed by atoms with Gasteiger partial charge < -0.3 is 10.2 Å². The average molecular weight is 280 g/mol. The lowest BCUT2D eigenvalue weighted by molar-refractivity contribution is 0.238. The molecule has 1 aliphatic carbocycles. The van der Waals surface area contributed by atoms with Crippen LogP contribution in [-0.4, -0.2) is 37.1 Å². The van der Waals surface area contributed by atoms with E-state index in [-0.39, 0.29) is 0 Å². The summed E-state index contributed by atoms with van der Waals surface area (Å²) in [6, 6.07) is 0.672. The Morgan fingerprint density at radius 3 is 2.35 bits per heavy atom. The lowest BCUT2D eigenvalue weighted by Crippen LogP contribution is -2.40. The summed E-state index contributed by atoms with van der Waals surface area (Å²) >= 11 is 0. The SMILES string of the molecule is CCCCC1CCC(CNC(C)CN2CCCC2)CC1. The Labute approximate surface area is 126 Å². The van der Waals surface area contributed by atoms with Gasteiger partial charge in [-0.25, -0.2) is 0 Å². The van der Waals surface area contributed by atoms with Gasteiger partial charge in [-0.1, -0.05) is 39.0 Å². The van der Waals surface area contributed by atoms with Crippen LogP contribution in [0.15, 0.2) is 0 Å². The standard InChI is InChI=1S/C18H36N2/c1-3-4-7-17-8-10-18(11-9-17)14-19-16(2)15-20-12-5-6-13-20/h16-19H,3-15H2,1-2H3. The highest BCUT2D eigenvalue weighted by atomic mass is 15.2. The molecule has 1 unspecified atom stereocenters. The van der Waals surface area contributed by atoms with Gasteiger partial charge in [-0.3, -0.25) is 0 Å². The fraction of sp³-hybridized carbons (Fsp3) is 1.00. The van der Waals surface area contributed by atoms with E-state index in [0.717, 1.165) is 11.8 Å². The summed E-state index contributed by atoms with van der Waals surface area (Å²) in [5.41, 5.74) is 0. The molecule has 1 saturated heterocycles. The lowest BCUT2D eigenvalue weighted by atomic mass is 9.80. The molecule has 0 aromatic heterocycles. The molecular weight excluding hydrogens is 244 g/mol. The molecule has 0 spiro atoms. The summed E-state index contributed by atoms with van der Waals surface area (Å²) in [6.07, 6.45) is 13.1. The Bertz CT molecular complexity index is 240. The minimum absolute atomic E-state index is 0.672. The minimum Gasteiger partial charge on any atom is -0.313 e. The quantitative estimate of drug-likeness (QED) is 0.721. The summed E-state index contributed by atoms with van der Waals surface area (Å²) in [5.74, 6) is 2.00.